The van der Waals surface area contributed by atoms with Gasteiger partial charge in [-0.3, -0.25) is 4.68 Å². The number of rotatable bonds is 3. The Balaban J connectivity index is 2.11. The van der Waals surface area contributed by atoms with E-state index in [4.69, 9.17) is 5.73 Å². The van der Waals surface area contributed by atoms with E-state index in [0.717, 1.165) is 6.54 Å². The van der Waals surface area contributed by atoms with Gasteiger partial charge >= 0.3 is 0 Å². The van der Waals surface area contributed by atoms with Gasteiger partial charge in [0, 0.05) is 18.4 Å². The maximum Gasteiger partial charge on any atom is 0.0659 e. The lowest BCUT2D eigenvalue weighted by Gasteiger charge is -2.07. The standard InChI is InChI=1S/C12H15N3/c1-10(13)12-5-3-11(4-6-12)9-15-8-2-7-14-15/h2-8,10H,9,13H2,1H3/t10-/m0/s1. The molecule has 2 aromatic rings. The molecule has 1 heterocycles. The van der Waals surface area contributed by atoms with Crippen LogP contribution in [0, 0.1) is 0 Å². The third-order valence-corrected chi connectivity index (χ3v) is 2.41. The van der Waals surface area contributed by atoms with Crippen LogP contribution in [-0.4, -0.2) is 9.78 Å². The maximum absolute atomic E-state index is 5.78. The number of aromatic nitrogens is 2. The highest BCUT2D eigenvalue weighted by Gasteiger charge is 1.99. The summed E-state index contributed by atoms with van der Waals surface area (Å²) in [7, 11) is 0. The lowest BCUT2D eigenvalue weighted by Crippen LogP contribution is -2.05. The van der Waals surface area contributed by atoms with Crippen LogP contribution >= 0.6 is 0 Å². The van der Waals surface area contributed by atoms with Crippen LogP contribution in [0.5, 0.6) is 0 Å². The summed E-state index contributed by atoms with van der Waals surface area (Å²) in [4.78, 5) is 0. The molecule has 0 aliphatic carbocycles. The summed E-state index contributed by atoms with van der Waals surface area (Å²) in [6, 6.07) is 10.4. The molecule has 0 aliphatic heterocycles. The second-order valence-corrected chi connectivity index (χ2v) is 3.73. The van der Waals surface area contributed by atoms with Crippen molar-refractivity contribution in [1.82, 2.24) is 9.78 Å². The average Bonchev–Trinajstić information content (AvgIpc) is 2.71. The second-order valence-electron chi connectivity index (χ2n) is 3.73. The molecule has 0 saturated carbocycles. The summed E-state index contributed by atoms with van der Waals surface area (Å²) in [5.41, 5.74) is 8.19. The van der Waals surface area contributed by atoms with E-state index in [9.17, 15) is 0 Å². The summed E-state index contributed by atoms with van der Waals surface area (Å²) >= 11 is 0. The molecule has 2 rings (SSSR count). The van der Waals surface area contributed by atoms with Crippen molar-refractivity contribution in [3.05, 3.63) is 53.9 Å². The predicted molar refractivity (Wildman–Crippen MR) is 60.4 cm³/mol. The first kappa shape index (κ1) is 9.93. The molecule has 3 heteroatoms. The fourth-order valence-electron chi connectivity index (χ4n) is 1.51. The Morgan fingerprint density at radius 3 is 2.60 bits per heavy atom. The van der Waals surface area contributed by atoms with Crippen molar-refractivity contribution >= 4 is 0 Å². The zero-order valence-corrected chi connectivity index (χ0v) is 8.80. The smallest absolute Gasteiger partial charge is 0.0659 e. The minimum Gasteiger partial charge on any atom is -0.324 e. The molecule has 1 aromatic carbocycles. The van der Waals surface area contributed by atoms with Gasteiger partial charge < -0.3 is 5.73 Å². The van der Waals surface area contributed by atoms with Crippen LogP contribution in [0.25, 0.3) is 0 Å². The van der Waals surface area contributed by atoms with Crippen molar-refractivity contribution in [1.29, 1.82) is 0 Å². The second kappa shape index (κ2) is 4.28. The van der Waals surface area contributed by atoms with Crippen molar-refractivity contribution in [3.63, 3.8) is 0 Å². The third-order valence-electron chi connectivity index (χ3n) is 2.41. The summed E-state index contributed by atoms with van der Waals surface area (Å²) in [6.07, 6.45) is 3.75. The Hall–Kier alpha value is -1.61. The molecule has 0 fully saturated rings. The normalized spacial score (nSPS) is 12.7. The van der Waals surface area contributed by atoms with E-state index in [1.807, 2.05) is 23.9 Å². The van der Waals surface area contributed by atoms with E-state index < -0.39 is 0 Å². The summed E-state index contributed by atoms with van der Waals surface area (Å²) in [5, 5.41) is 4.16. The van der Waals surface area contributed by atoms with Crippen LogP contribution in [0.15, 0.2) is 42.7 Å². The van der Waals surface area contributed by atoms with Gasteiger partial charge in [-0.15, -0.1) is 0 Å². The summed E-state index contributed by atoms with van der Waals surface area (Å²) in [6.45, 7) is 2.80. The van der Waals surface area contributed by atoms with Gasteiger partial charge in [-0.25, -0.2) is 0 Å². The highest BCUT2D eigenvalue weighted by molar-refractivity contribution is 5.24. The largest absolute Gasteiger partial charge is 0.324 e. The van der Waals surface area contributed by atoms with Crippen molar-refractivity contribution in [2.24, 2.45) is 5.73 Å². The fourth-order valence-corrected chi connectivity index (χ4v) is 1.51. The first-order chi connectivity index (χ1) is 7.25. The van der Waals surface area contributed by atoms with Crippen LogP contribution in [0.4, 0.5) is 0 Å². The monoisotopic (exact) mass is 201 g/mol. The first-order valence-electron chi connectivity index (χ1n) is 5.07. The molecule has 0 bridgehead atoms. The van der Waals surface area contributed by atoms with Gasteiger partial charge in [0.15, 0.2) is 0 Å². The SMILES string of the molecule is C[C@H](N)c1ccc(Cn2cccn2)cc1. The number of nitrogens with two attached hydrogens (primary N) is 1. The molecular formula is C12H15N3. The van der Waals surface area contributed by atoms with Crippen LogP contribution in [0.3, 0.4) is 0 Å². The van der Waals surface area contributed by atoms with Crippen molar-refractivity contribution < 1.29 is 0 Å². The highest BCUT2D eigenvalue weighted by atomic mass is 15.3. The van der Waals surface area contributed by atoms with Gasteiger partial charge in [-0.1, -0.05) is 24.3 Å². The first-order valence-corrected chi connectivity index (χ1v) is 5.07. The van der Waals surface area contributed by atoms with Crippen molar-refractivity contribution in [2.75, 3.05) is 0 Å². The predicted octanol–water partition coefficient (Wildman–Crippen LogP) is 1.95. The molecule has 0 aliphatic rings. The van der Waals surface area contributed by atoms with E-state index in [1.165, 1.54) is 11.1 Å². The van der Waals surface area contributed by atoms with E-state index in [-0.39, 0.29) is 6.04 Å². The number of benzene rings is 1. The molecule has 3 nitrogen and oxygen atoms in total. The number of hydrogen-bond acceptors (Lipinski definition) is 2. The molecule has 1 aromatic heterocycles. The Labute approximate surface area is 89.5 Å². The molecule has 0 saturated heterocycles. The van der Waals surface area contributed by atoms with Gasteiger partial charge in [0.2, 0.25) is 0 Å². The summed E-state index contributed by atoms with van der Waals surface area (Å²) in [5.74, 6) is 0. The van der Waals surface area contributed by atoms with Crippen molar-refractivity contribution in [3.8, 4) is 0 Å². The number of nitrogens with zero attached hydrogens (tertiary/aromatic N) is 2. The summed E-state index contributed by atoms with van der Waals surface area (Å²) < 4.78 is 1.90. The zero-order valence-electron chi connectivity index (χ0n) is 8.80. The van der Waals surface area contributed by atoms with Gasteiger partial charge in [0.1, 0.15) is 0 Å². The van der Waals surface area contributed by atoms with Gasteiger partial charge in [-0.05, 0) is 24.1 Å². The van der Waals surface area contributed by atoms with Crippen molar-refractivity contribution in [2.45, 2.75) is 19.5 Å². The molecule has 0 unspecified atom stereocenters. The van der Waals surface area contributed by atoms with Crippen LogP contribution in [0.1, 0.15) is 24.1 Å². The van der Waals surface area contributed by atoms with E-state index >= 15 is 0 Å². The molecule has 78 valence electrons. The fraction of sp³-hybridized carbons (Fsp3) is 0.250. The van der Waals surface area contributed by atoms with Gasteiger partial charge in [-0.2, -0.15) is 5.10 Å². The maximum atomic E-state index is 5.78. The van der Waals surface area contributed by atoms with Crippen LogP contribution in [-0.2, 0) is 6.54 Å². The minimum absolute atomic E-state index is 0.101. The highest BCUT2D eigenvalue weighted by Crippen LogP contribution is 2.11. The van der Waals surface area contributed by atoms with Crippen LogP contribution in [0.2, 0.25) is 0 Å². The molecule has 15 heavy (non-hydrogen) atoms. The molecule has 0 amide bonds. The Bertz CT molecular complexity index is 401. The minimum atomic E-state index is 0.101. The number of hydrogen-bond donors (Lipinski definition) is 1. The topological polar surface area (TPSA) is 43.8 Å². The van der Waals surface area contributed by atoms with Gasteiger partial charge in [0.25, 0.3) is 0 Å². The Morgan fingerprint density at radius 1 is 1.33 bits per heavy atom. The molecule has 1 atom stereocenters. The quantitative estimate of drug-likeness (QED) is 0.824. The molecule has 0 spiro atoms. The van der Waals surface area contributed by atoms with E-state index in [2.05, 4.69) is 29.4 Å². The lowest BCUT2D eigenvalue weighted by atomic mass is 10.1. The molecular weight excluding hydrogens is 186 g/mol. The zero-order chi connectivity index (χ0) is 10.7. The molecule has 0 radical (unpaired) electrons. The van der Waals surface area contributed by atoms with Gasteiger partial charge in [0.05, 0.1) is 6.54 Å². The lowest BCUT2D eigenvalue weighted by molar-refractivity contribution is 0.686. The Kier molecular flexibility index (Phi) is 2.83. The van der Waals surface area contributed by atoms with E-state index in [1.54, 1.807) is 6.20 Å². The molecule has 2 N–H and O–H groups in total. The Morgan fingerprint density at radius 2 is 2.07 bits per heavy atom. The third kappa shape index (κ3) is 2.44. The average molecular weight is 201 g/mol. The van der Waals surface area contributed by atoms with E-state index in [0.29, 0.717) is 0 Å². The van der Waals surface area contributed by atoms with Crippen LogP contribution < -0.4 is 5.73 Å².